The molecule has 2 rings (SSSR count). The van der Waals surface area contributed by atoms with Crippen molar-refractivity contribution in [1.29, 1.82) is 5.26 Å². The molecule has 26 heavy (non-hydrogen) atoms. The van der Waals surface area contributed by atoms with Crippen LogP contribution >= 0.6 is 0 Å². The Morgan fingerprint density at radius 3 is 1.81 bits per heavy atom. The van der Waals surface area contributed by atoms with Gasteiger partial charge in [-0.2, -0.15) is 5.26 Å². The topological polar surface area (TPSA) is 69.9 Å². The highest BCUT2D eigenvalue weighted by Gasteiger charge is 2.19. The molecule has 1 atom stereocenters. The molecular formula is C20H23NO5. The van der Waals surface area contributed by atoms with E-state index in [1.54, 1.807) is 47.7 Å². The van der Waals surface area contributed by atoms with Gasteiger partial charge in [-0.3, -0.25) is 0 Å². The second kappa shape index (κ2) is 8.86. The van der Waals surface area contributed by atoms with Gasteiger partial charge in [-0.25, -0.2) is 0 Å². The summed E-state index contributed by atoms with van der Waals surface area (Å²) in [7, 11) is 7.87. The molecule has 0 radical (unpaired) electrons. The van der Waals surface area contributed by atoms with Gasteiger partial charge in [0.25, 0.3) is 0 Å². The predicted molar refractivity (Wildman–Crippen MR) is 97.7 cm³/mol. The van der Waals surface area contributed by atoms with E-state index in [9.17, 15) is 5.26 Å². The Morgan fingerprint density at radius 1 is 0.731 bits per heavy atom. The normalized spacial score (nSPS) is 11.2. The van der Waals surface area contributed by atoms with Gasteiger partial charge in [0.05, 0.1) is 47.5 Å². The van der Waals surface area contributed by atoms with Gasteiger partial charge in [-0.1, -0.05) is 6.07 Å². The maximum atomic E-state index is 9.70. The Labute approximate surface area is 153 Å². The van der Waals surface area contributed by atoms with Crippen molar-refractivity contribution in [3.05, 3.63) is 41.5 Å². The molecule has 6 heteroatoms. The molecule has 0 saturated carbocycles. The largest absolute Gasteiger partial charge is 0.496 e. The van der Waals surface area contributed by atoms with Crippen molar-refractivity contribution < 1.29 is 23.7 Å². The first-order valence-electron chi connectivity index (χ1n) is 8.02. The quantitative estimate of drug-likeness (QED) is 0.719. The van der Waals surface area contributed by atoms with E-state index in [2.05, 4.69) is 6.07 Å². The molecule has 0 aromatic heterocycles. The van der Waals surface area contributed by atoms with Crippen molar-refractivity contribution in [3.8, 4) is 34.8 Å². The Hall–Kier alpha value is -3.07. The molecule has 0 fully saturated rings. The van der Waals surface area contributed by atoms with Crippen molar-refractivity contribution in [3.63, 3.8) is 0 Å². The SMILES string of the molecule is COc1cc(OC)c(OC)cc1C[C@@H](C#N)c1ccc(OC)c(OC)c1. The highest BCUT2D eigenvalue weighted by molar-refractivity contribution is 5.52. The molecule has 2 aromatic rings. The lowest BCUT2D eigenvalue weighted by atomic mass is 9.92. The molecule has 0 aliphatic rings. The fourth-order valence-electron chi connectivity index (χ4n) is 2.78. The van der Waals surface area contributed by atoms with Crippen LogP contribution in [0.4, 0.5) is 0 Å². The van der Waals surface area contributed by atoms with E-state index >= 15 is 0 Å². The number of benzene rings is 2. The van der Waals surface area contributed by atoms with Crippen LogP contribution < -0.4 is 23.7 Å². The van der Waals surface area contributed by atoms with Crippen molar-refractivity contribution in [2.24, 2.45) is 0 Å². The first-order chi connectivity index (χ1) is 12.6. The third kappa shape index (κ3) is 3.94. The van der Waals surface area contributed by atoms with Crippen LogP contribution in [-0.2, 0) is 6.42 Å². The highest BCUT2D eigenvalue weighted by atomic mass is 16.5. The molecular weight excluding hydrogens is 334 g/mol. The second-order valence-corrected chi connectivity index (χ2v) is 5.52. The van der Waals surface area contributed by atoms with Gasteiger partial charge in [-0.15, -0.1) is 0 Å². The zero-order chi connectivity index (χ0) is 19.1. The molecule has 0 spiro atoms. The molecule has 0 aliphatic carbocycles. The highest BCUT2D eigenvalue weighted by Crippen LogP contribution is 2.38. The number of hydrogen-bond acceptors (Lipinski definition) is 6. The van der Waals surface area contributed by atoms with Crippen molar-refractivity contribution >= 4 is 0 Å². The Bertz CT molecular complexity index is 798. The van der Waals surface area contributed by atoms with Crippen molar-refractivity contribution in [2.45, 2.75) is 12.3 Å². The van der Waals surface area contributed by atoms with E-state index in [0.29, 0.717) is 35.2 Å². The van der Waals surface area contributed by atoms with Crippen LogP contribution in [0.2, 0.25) is 0 Å². The number of methoxy groups -OCH3 is 5. The maximum Gasteiger partial charge on any atom is 0.164 e. The summed E-state index contributed by atoms with van der Waals surface area (Å²) in [6.07, 6.45) is 0.454. The molecule has 0 unspecified atom stereocenters. The zero-order valence-corrected chi connectivity index (χ0v) is 15.7. The predicted octanol–water partition coefficient (Wildman–Crippen LogP) is 3.58. The van der Waals surface area contributed by atoms with Gasteiger partial charge < -0.3 is 23.7 Å². The van der Waals surface area contributed by atoms with Crippen LogP contribution in [0.3, 0.4) is 0 Å². The van der Waals surface area contributed by atoms with E-state index in [4.69, 9.17) is 23.7 Å². The molecule has 0 N–H and O–H groups in total. The van der Waals surface area contributed by atoms with E-state index in [0.717, 1.165) is 11.1 Å². The smallest absolute Gasteiger partial charge is 0.164 e. The van der Waals surface area contributed by atoms with Crippen molar-refractivity contribution in [1.82, 2.24) is 0 Å². The summed E-state index contributed by atoms with van der Waals surface area (Å²) >= 11 is 0. The molecule has 138 valence electrons. The van der Waals surface area contributed by atoms with E-state index in [1.165, 1.54) is 0 Å². The minimum atomic E-state index is -0.387. The van der Waals surface area contributed by atoms with Gasteiger partial charge in [0.1, 0.15) is 5.75 Å². The van der Waals surface area contributed by atoms with Gasteiger partial charge >= 0.3 is 0 Å². The monoisotopic (exact) mass is 357 g/mol. The molecule has 0 saturated heterocycles. The first kappa shape index (κ1) is 19.3. The molecule has 0 aliphatic heterocycles. The van der Waals surface area contributed by atoms with Gasteiger partial charge in [0.2, 0.25) is 0 Å². The van der Waals surface area contributed by atoms with Crippen LogP contribution in [0.1, 0.15) is 17.0 Å². The summed E-state index contributed by atoms with van der Waals surface area (Å²) in [5.74, 6) is 2.63. The number of nitriles is 1. The van der Waals surface area contributed by atoms with Gasteiger partial charge in [0, 0.05) is 6.07 Å². The average molecular weight is 357 g/mol. The van der Waals surface area contributed by atoms with E-state index in [-0.39, 0.29) is 5.92 Å². The first-order valence-corrected chi connectivity index (χ1v) is 8.02. The lowest BCUT2D eigenvalue weighted by Crippen LogP contribution is -2.04. The standard InChI is InChI=1S/C20H23NO5/c1-22-16-7-6-13(9-18(16)24-3)15(12-21)8-14-10-19(25-4)20(26-5)11-17(14)23-2/h6-7,9-11,15H,8H2,1-5H3/t15-/m0/s1. The van der Waals surface area contributed by atoms with Crippen LogP contribution in [0.25, 0.3) is 0 Å². The van der Waals surface area contributed by atoms with Crippen LogP contribution in [0, 0.1) is 11.3 Å². The Morgan fingerprint density at radius 2 is 1.27 bits per heavy atom. The fraction of sp³-hybridized carbons (Fsp3) is 0.350. The van der Waals surface area contributed by atoms with E-state index in [1.807, 2.05) is 18.2 Å². The van der Waals surface area contributed by atoms with Crippen molar-refractivity contribution in [2.75, 3.05) is 35.5 Å². The van der Waals surface area contributed by atoms with Gasteiger partial charge in [-0.05, 0) is 35.7 Å². The zero-order valence-electron chi connectivity index (χ0n) is 15.7. The van der Waals surface area contributed by atoms with Crippen LogP contribution in [0.5, 0.6) is 28.7 Å². The minimum Gasteiger partial charge on any atom is -0.496 e. The molecule has 6 nitrogen and oxygen atoms in total. The summed E-state index contributed by atoms with van der Waals surface area (Å²) < 4.78 is 26.7. The van der Waals surface area contributed by atoms with E-state index < -0.39 is 0 Å². The minimum absolute atomic E-state index is 0.387. The number of hydrogen-bond donors (Lipinski definition) is 0. The maximum absolute atomic E-state index is 9.70. The molecule has 0 amide bonds. The Kier molecular flexibility index (Phi) is 6.56. The summed E-state index contributed by atoms with van der Waals surface area (Å²) in [5, 5.41) is 9.70. The average Bonchev–Trinajstić information content (AvgIpc) is 2.70. The van der Waals surface area contributed by atoms with Gasteiger partial charge in [0.15, 0.2) is 23.0 Å². The lowest BCUT2D eigenvalue weighted by molar-refractivity contribution is 0.347. The lowest BCUT2D eigenvalue weighted by Gasteiger charge is -2.17. The molecule has 0 heterocycles. The van der Waals surface area contributed by atoms with Crippen LogP contribution in [-0.4, -0.2) is 35.5 Å². The third-order valence-corrected chi connectivity index (χ3v) is 4.18. The fourth-order valence-corrected chi connectivity index (χ4v) is 2.78. The number of nitrogens with zero attached hydrogens (tertiary/aromatic N) is 1. The summed E-state index contributed by atoms with van der Waals surface area (Å²) in [6.45, 7) is 0. The number of ether oxygens (including phenoxy) is 5. The van der Waals surface area contributed by atoms with Crippen LogP contribution in [0.15, 0.2) is 30.3 Å². The summed E-state index contributed by atoms with van der Waals surface area (Å²) in [4.78, 5) is 0. The second-order valence-electron chi connectivity index (χ2n) is 5.52. The molecule has 2 aromatic carbocycles. The molecule has 0 bridgehead atoms. The summed E-state index contributed by atoms with van der Waals surface area (Å²) in [5.41, 5.74) is 1.69. The third-order valence-electron chi connectivity index (χ3n) is 4.18. The Balaban J connectivity index is 2.40. The summed E-state index contributed by atoms with van der Waals surface area (Å²) in [6, 6.07) is 11.4. The number of rotatable bonds is 8.